The third kappa shape index (κ3) is 5.31. The number of benzene rings is 1. The standard InChI is InChI=1S/C31H41N3O2.2ClH/c1-36-29-15-14-25-27(33-29)13-8-17-31(25)21-32-20-26(31)30(35)34-18-16-24(22-9-4-2-5-10-22)19-28(34)23-11-6-3-7-12-23;;/h2,4-5,9-10,14-15,23-24,26,28,32H,3,6-8,11-13,16-21H2,1H3;2*1H/t24-,26+,28+,31+;;/m1../s1. The number of aromatic nitrogens is 1. The highest BCUT2D eigenvalue weighted by Crippen LogP contribution is 2.46. The SMILES string of the molecule is COc1ccc2c([nH+]1)CCC[C@]21C[NH2+]C[C@H]1C(=O)N1CC[C@@H](c2ccccc2)C[C@H]1C1CCCCC1.[Cl-].[Cl-]. The van der Waals surface area contributed by atoms with Crippen molar-refractivity contribution in [3.05, 3.63) is 59.3 Å². The molecular weight excluding hydrogens is 517 g/mol. The molecule has 208 valence electrons. The van der Waals surface area contributed by atoms with E-state index in [0.717, 1.165) is 57.6 Å². The molecule has 1 amide bonds. The average Bonchev–Trinajstić information content (AvgIpc) is 3.37. The number of rotatable bonds is 4. The third-order valence-corrected chi connectivity index (χ3v) is 10.1. The predicted octanol–water partition coefficient (Wildman–Crippen LogP) is -2.36. The first-order valence-corrected chi connectivity index (χ1v) is 14.5. The predicted molar refractivity (Wildman–Crippen MR) is 140 cm³/mol. The number of hydrogen-bond acceptors (Lipinski definition) is 2. The van der Waals surface area contributed by atoms with E-state index in [1.165, 1.54) is 48.9 Å². The van der Waals surface area contributed by atoms with Gasteiger partial charge in [-0.25, -0.2) is 0 Å². The van der Waals surface area contributed by atoms with E-state index in [1.54, 1.807) is 7.11 Å². The van der Waals surface area contributed by atoms with E-state index in [1.807, 2.05) is 0 Å². The number of methoxy groups -OCH3 is 1. The maximum atomic E-state index is 14.6. The summed E-state index contributed by atoms with van der Waals surface area (Å²) in [7, 11) is 1.72. The third-order valence-electron chi connectivity index (χ3n) is 10.1. The number of carbonyl (C=O) groups excluding carboxylic acids is 1. The normalized spacial score (nSPS) is 29.2. The van der Waals surface area contributed by atoms with Gasteiger partial charge >= 0.3 is 5.88 Å². The van der Waals surface area contributed by atoms with Crippen molar-refractivity contribution >= 4 is 5.91 Å². The number of fused-ring (bicyclic) bond motifs is 2. The average molecular weight is 561 g/mol. The van der Waals surface area contributed by atoms with Crippen molar-refractivity contribution in [3.63, 3.8) is 0 Å². The Balaban J connectivity index is 0.00000168. The Bertz CT molecular complexity index is 1080. The van der Waals surface area contributed by atoms with Crippen LogP contribution in [0.25, 0.3) is 0 Å². The largest absolute Gasteiger partial charge is 1.00 e. The number of ether oxygens (including phenoxy) is 1. The zero-order valence-electron chi connectivity index (χ0n) is 22.6. The molecule has 2 aromatic rings. The Hall–Kier alpha value is -1.82. The van der Waals surface area contributed by atoms with Gasteiger partial charge in [-0.2, -0.15) is 4.98 Å². The van der Waals surface area contributed by atoms with Crippen LogP contribution in [-0.4, -0.2) is 43.6 Å². The van der Waals surface area contributed by atoms with Crippen molar-refractivity contribution in [2.45, 2.75) is 81.6 Å². The molecule has 7 heteroatoms. The second kappa shape index (κ2) is 12.6. The second-order valence-corrected chi connectivity index (χ2v) is 11.8. The first-order valence-electron chi connectivity index (χ1n) is 14.5. The maximum Gasteiger partial charge on any atom is 0.366 e. The van der Waals surface area contributed by atoms with Crippen LogP contribution in [0, 0.1) is 11.8 Å². The molecule has 2 aliphatic heterocycles. The monoisotopic (exact) mass is 559 g/mol. The van der Waals surface area contributed by atoms with Crippen LogP contribution in [0.1, 0.15) is 80.5 Å². The van der Waals surface area contributed by atoms with E-state index in [0.29, 0.717) is 23.8 Å². The van der Waals surface area contributed by atoms with E-state index < -0.39 is 0 Å². The van der Waals surface area contributed by atoms with E-state index in [4.69, 9.17) is 4.74 Å². The lowest BCUT2D eigenvalue weighted by molar-refractivity contribution is -0.640. The lowest BCUT2D eigenvalue weighted by Crippen LogP contribution is -3.00. The Labute approximate surface area is 240 Å². The fraction of sp³-hybridized carbons (Fsp3) is 0.613. The fourth-order valence-electron chi connectivity index (χ4n) is 8.27. The van der Waals surface area contributed by atoms with Crippen molar-refractivity contribution in [3.8, 4) is 5.88 Å². The summed E-state index contributed by atoms with van der Waals surface area (Å²) < 4.78 is 5.49. The zero-order chi connectivity index (χ0) is 24.5. The minimum absolute atomic E-state index is 0. The number of aryl methyl sites for hydroxylation is 1. The van der Waals surface area contributed by atoms with Gasteiger partial charge in [-0.05, 0) is 62.0 Å². The lowest BCUT2D eigenvalue weighted by Gasteiger charge is -2.47. The summed E-state index contributed by atoms with van der Waals surface area (Å²) in [4.78, 5) is 20.5. The number of quaternary nitrogens is 1. The summed E-state index contributed by atoms with van der Waals surface area (Å²) in [5.41, 5.74) is 4.05. The summed E-state index contributed by atoms with van der Waals surface area (Å²) >= 11 is 0. The Kier molecular flexibility index (Phi) is 9.65. The topological polar surface area (TPSA) is 60.3 Å². The van der Waals surface area contributed by atoms with Gasteiger partial charge in [-0.3, -0.25) is 4.79 Å². The van der Waals surface area contributed by atoms with E-state index in [9.17, 15) is 4.79 Å². The second-order valence-electron chi connectivity index (χ2n) is 11.8. The summed E-state index contributed by atoms with van der Waals surface area (Å²) in [5, 5.41) is 2.41. The molecule has 2 saturated heterocycles. The number of carbonyl (C=O) groups is 1. The quantitative estimate of drug-likeness (QED) is 0.455. The zero-order valence-corrected chi connectivity index (χ0v) is 24.2. The van der Waals surface area contributed by atoms with E-state index in [-0.39, 0.29) is 36.1 Å². The van der Waals surface area contributed by atoms with Crippen LogP contribution in [0.5, 0.6) is 5.88 Å². The molecule has 0 unspecified atom stereocenters. The highest BCUT2D eigenvalue weighted by atomic mass is 35.5. The molecular formula is C31H43Cl2N3O2. The van der Waals surface area contributed by atoms with Gasteiger partial charge in [0.1, 0.15) is 5.92 Å². The molecule has 0 bridgehead atoms. The van der Waals surface area contributed by atoms with Gasteiger partial charge in [-0.15, -0.1) is 0 Å². The Morgan fingerprint density at radius 3 is 2.58 bits per heavy atom. The molecule has 3 heterocycles. The molecule has 38 heavy (non-hydrogen) atoms. The highest BCUT2D eigenvalue weighted by molar-refractivity contribution is 5.82. The first-order chi connectivity index (χ1) is 17.7. The van der Waals surface area contributed by atoms with Gasteiger partial charge in [0, 0.05) is 24.6 Å². The minimum Gasteiger partial charge on any atom is -1.00 e. The van der Waals surface area contributed by atoms with Gasteiger partial charge in [0.25, 0.3) is 0 Å². The maximum absolute atomic E-state index is 14.6. The van der Waals surface area contributed by atoms with Gasteiger partial charge in [-0.1, -0.05) is 49.6 Å². The number of nitrogens with zero attached hydrogens (tertiary/aromatic N) is 1. The molecule has 0 radical (unpaired) electrons. The highest BCUT2D eigenvalue weighted by Gasteiger charge is 2.56. The first kappa shape index (κ1) is 29.2. The van der Waals surface area contributed by atoms with E-state index >= 15 is 0 Å². The van der Waals surface area contributed by atoms with Crippen molar-refractivity contribution < 1.29 is 44.6 Å². The molecule has 3 fully saturated rings. The molecule has 4 aliphatic rings. The van der Waals surface area contributed by atoms with Crippen LogP contribution in [-0.2, 0) is 16.6 Å². The minimum atomic E-state index is -0.0547. The molecule has 5 nitrogen and oxygen atoms in total. The summed E-state index contributed by atoms with van der Waals surface area (Å²) in [5.74, 6) is 2.55. The number of aromatic amines is 1. The van der Waals surface area contributed by atoms with Gasteiger partial charge in [0.15, 0.2) is 5.69 Å². The van der Waals surface area contributed by atoms with Crippen LogP contribution in [0.2, 0.25) is 0 Å². The summed E-state index contributed by atoms with van der Waals surface area (Å²) in [6.45, 7) is 2.85. The number of halogens is 2. The van der Waals surface area contributed by atoms with Gasteiger partial charge in [0.05, 0.1) is 31.7 Å². The molecule has 3 N–H and O–H groups in total. The number of amides is 1. The van der Waals surface area contributed by atoms with Crippen molar-refractivity contribution in [1.29, 1.82) is 0 Å². The van der Waals surface area contributed by atoms with Gasteiger partial charge in [0.2, 0.25) is 5.91 Å². The number of piperidine rings is 1. The van der Waals surface area contributed by atoms with E-state index in [2.05, 4.69) is 57.7 Å². The molecule has 1 aromatic carbocycles. The Morgan fingerprint density at radius 1 is 1.03 bits per heavy atom. The molecule has 2 aliphatic carbocycles. The molecule has 1 aromatic heterocycles. The molecule has 4 atom stereocenters. The van der Waals surface area contributed by atoms with Crippen molar-refractivity contribution in [2.24, 2.45) is 11.8 Å². The molecule has 1 saturated carbocycles. The summed E-state index contributed by atoms with van der Waals surface area (Å²) in [6.07, 6.45) is 12.1. The number of likely N-dealkylation sites (tertiary alicyclic amines) is 1. The van der Waals surface area contributed by atoms with Crippen LogP contribution < -0.4 is 39.9 Å². The Morgan fingerprint density at radius 2 is 1.82 bits per heavy atom. The molecule has 6 rings (SSSR count). The van der Waals surface area contributed by atoms with Crippen LogP contribution >= 0.6 is 0 Å². The fourth-order valence-corrected chi connectivity index (χ4v) is 8.27. The number of nitrogens with two attached hydrogens (primary N) is 1. The number of nitrogens with one attached hydrogen (secondary N) is 1. The number of hydrogen-bond donors (Lipinski definition) is 1. The summed E-state index contributed by atoms with van der Waals surface area (Å²) in [6, 6.07) is 15.8. The van der Waals surface area contributed by atoms with Gasteiger partial charge < -0.3 is 39.8 Å². The number of pyridine rings is 1. The van der Waals surface area contributed by atoms with Crippen LogP contribution in [0.15, 0.2) is 42.5 Å². The molecule has 1 spiro atoms. The van der Waals surface area contributed by atoms with Crippen molar-refractivity contribution in [2.75, 3.05) is 26.7 Å². The van der Waals surface area contributed by atoms with Crippen molar-refractivity contribution in [1.82, 2.24) is 4.90 Å². The smallest absolute Gasteiger partial charge is 0.366 e. The number of H-pyrrole nitrogens is 1. The van der Waals surface area contributed by atoms with Crippen LogP contribution in [0.3, 0.4) is 0 Å². The van der Waals surface area contributed by atoms with Crippen LogP contribution in [0.4, 0.5) is 0 Å². The lowest BCUT2D eigenvalue weighted by atomic mass is 9.64.